The topological polar surface area (TPSA) is 99.2 Å². The predicted molar refractivity (Wildman–Crippen MR) is 121 cm³/mol. The van der Waals surface area contributed by atoms with Gasteiger partial charge < -0.3 is 20.4 Å². The molecule has 4 rings (SSSR count). The molecule has 2 N–H and O–H groups in total. The molecule has 160 valence electrons. The van der Waals surface area contributed by atoms with E-state index < -0.39 is 0 Å². The molecule has 1 saturated heterocycles. The van der Waals surface area contributed by atoms with Gasteiger partial charge in [-0.3, -0.25) is 4.79 Å². The summed E-state index contributed by atoms with van der Waals surface area (Å²) in [5.74, 6) is 2.21. The quantitative estimate of drug-likeness (QED) is 0.630. The molecule has 1 fully saturated rings. The Morgan fingerprint density at radius 2 is 1.77 bits per heavy atom. The number of rotatable bonds is 6. The van der Waals surface area contributed by atoms with Crippen LogP contribution in [0.1, 0.15) is 23.1 Å². The molecule has 1 amide bonds. The average Bonchev–Trinajstić information content (AvgIpc) is 2.80. The van der Waals surface area contributed by atoms with E-state index in [0.717, 1.165) is 37.7 Å². The molecule has 1 aliphatic rings. The second kappa shape index (κ2) is 9.48. The van der Waals surface area contributed by atoms with Gasteiger partial charge in [0, 0.05) is 44.5 Å². The van der Waals surface area contributed by atoms with E-state index >= 15 is 0 Å². The first-order valence-corrected chi connectivity index (χ1v) is 10.4. The Morgan fingerprint density at radius 1 is 1.00 bits per heavy atom. The normalized spacial score (nSPS) is 14.3. The van der Waals surface area contributed by atoms with Gasteiger partial charge in [0.15, 0.2) is 0 Å². The third kappa shape index (κ3) is 5.32. The van der Waals surface area contributed by atoms with Crippen LogP contribution in [-0.4, -0.2) is 64.0 Å². The first-order valence-electron chi connectivity index (χ1n) is 10.4. The third-order valence-electron chi connectivity index (χ3n) is 5.07. The van der Waals surface area contributed by atoms with Crippen molar-refractivity contribution in [3.8, 4) is 0 Å². The lowest BCUT2D eigenvalue weighted by Crippen LogP contribution is -2.45. The summed E-state index contributed by atoms with van der Waals surface area (Å²) in [4.78, 5) is 34.9. The molecule has 2 aromatic heterocycles. The minimum atomic E-state index is -0.212. The lowest BCUT2D eigenvalue weighted by Gasteiger charge is -2.32. The number of aryl methyl sites for hydroxylation is 1. The van der Waals surface area contributed by atoms with Crippen molar-refractivity contribution in [3.63, 3.8) is 0 Å². The maximum atomic E-state index is 12.4. The number of piperazine rings is 1. The minimum Gasteiger partial charge on any atom is -0.338 e. The monoisotopic (exact) mass is 418 g/mol. The standard InChI is InChI=1S/C22H26N8O/c1-3-18-25-21(28-22(27-18)30-13-11-29(2)12-14-30)26-19-10-9-16(15-23-19)20(31)24-17-7-5-4-6-8-17/h4-10,15H,3,11-14H2,1-2H3,(H,24,31)(H,23,25,26,27,28). The number of carbonyl (C=O) groups is 1. The molecular formula is C22H26N8O. The van der Waals surface area contributed by atoms with Crippen LogP contribution in [0.5, 0.6) is 0 Å². The minimum absolute atomic E-state index is 0.212. The Morgan fingerprint density at radius 3 is 2.45 bits per heavy atom. The highest BCUT2D eigenvalue weighted by Crippen LogP contribution is 2.17. The van der Waals surface area contributed by atoms with Gasteiger partial charge >= 0.3 is 0 Å². The number of likely N-dealkylation sites (N-methyl/N-ethyl adjacent to an activating group) is 1. The highest BCUT2D eigenvalue weighted by atomic mass is 16.1. The van der Waals surface area contributed by atoms with Gasteiger partial charge in [-0.25, -0.2) is 4.98 Å². The van der Waals surface area contributed by atoms with Crippen molar-refractivity contribution in [2.75, 3.05) is 48.8 Å². The molecule has 9 heteroatoms. The Bertz CT molecular complexity index is 1020. The van der Waals surface area contributed by atoms with E-state index in [1.54, 1.807) is 12.1 Å². The fourth-order valence-corrected chi connectivity index (χ4v) is 3.21. The van der Waals surface area contributed by atoms with Gasteiger partial charge in [0.1, 0.15) is 11.6 Å². The molecule has 3 heterocycles. The highest BCUT2D eigenvalue weighted by molar-refractivity contribution is 6.04. The van der Waals surface area contributed by atoms with Gasteiger partial charge in [-0.2, -0.15) is 15.0 Å². The molecule has 0 unspecified atom stereocenters. The molecule has 0 saturated carbocycles. The van der Waals surface area contributed by atoms with Crippen LogP contribution in [-0.2, 0) is 6.42 Å². The number of pyridine rings is 1. The maximum absolute atomic E-state index is 12.4. The van der Waals surface area contributed by atoms with Gasteiger partial charge in [0.2, 0.25) is 11.9 Å². The third-order valence-corrected chi connectivity index (χ3v) is 5.07. The van der Waals surface area contributed by atoms with E-state index in [1.165, 1.54) is 6.20 Å². The summed E-state index contributed by atoms with van der Waals surface area (Å²) in [5, 5.41) is 5.99. The number of amides is 1. The molecule has 0 radical (unpaired) electrons. The number of carbonyl (C=O) groups excluding carboxylic acids is 1. The lowest BCUT2D eigenvalue weighted by molar-refractivity contribution is 0.102. The van der Waals surface area contributed by atoms with Crippen LogP contribution >= 0.6 is 0 Å². The molecule has 9 nitrogen and oxygen atoms in total. The number of hydrogen-bond donors (Lipinski definition) is 2. The zero-order valence-corrected chi connectivity index (χ0v) is 17.7. The van der Waals surface area contributed by atoms with Crippen molar-refractivity contribution in [1.82, 2.24) is 24.8 Å². The summed E-state index contributed by atoms with van der Waals surface area (Å²) >= 11 is 0. The molecule has 0 aliphatic carbocycles. The summed E-state index contributed by atoms with van der Waals surface area (Å²) < 4.78 is 0. The van der Waals surface area contributed by atoms with Crippen molar-refractivity contribution >= 4 is 29.3 Å². The Kier molecular flexibility index (Phi) is 6.32. The summed E-state index contributed by atoms with van der Waals surface area (Å²) in [6.07, 6.45) is 2.24. The zero-order chi connectivity index (χ0) is 21.6. The van der Waals surface area contributed by atoms with Crippen LogP contribution in [0.25, 0.3) is 0 Å². The summed E-state index contributed by atoms with van der Waals surface area (Å²) in [7, 11) is 2.12. The summed E-state index contributed by atoms with van der Waals surface area (Å²) in [5.41, 5.74) is 1.21. The van der Waals surface area contributed by atoms with Crippen LogP contribution in [0.4, 0.5) is 23.4 Å². The highest BCUT2D eigenvalue weighted by Gasteiger charge is 2.18. The summed E-state index contributed by atoms with van der Waals surface area (Å²) in [6, 6.07) is 12.8. The number of aromatic nitrogens is 4. The largest absolute Gasteiger partial charge is 0.338 e. The van der Waals surface area contributed by atoms with Crippen molar-refractivity contribution in [3.05, 3.63) is 60.0 Å². The van der Waals surface area contributed by atoms with E-state index in [2.05, 4.69) is 47.4 Å². The summed E-state index contributed by atoms with van der Waals surface area (Å²) in [6.45, 7) is 5.73. The smallest absolute Gasteiger partial charge is 0.257 e. The Labute approximate surface area is 181 Å². The maximum Gasteiger partial charge on any atom is 0.257 e. The van der Waals surface area contributed by atoms with Gasteiger partial charge in [-0.05, 0) is 31.3 Å². The van der Waals surface area contributed by atoms with Gasteiger partial charge in [-0.15, -0.1) is 0 Å². The van der Waals surface area contributed by atoms with Crippen molar-refractivity contribution < 1.29 is 4.79 Å². The molecule has 31 heavy (non-hydrogen) atoms. The van der Waals surface area contributed by atoms with E-state index in [-0.39, 0.29) is 5.91 Å². The lowest BCUT2D eigenvalue weighted by atomic mass is 10.2. The van der Waals surface area contributed by atoms with E-state index in [4.69, 9.17) is 0 Å². The van der Waals surface area contributed by atoms with Crippen molar-refractivity contribution in [2.24, 2.45) is 0 Å². The number of nitrogens with zero attached hydrogens (tertiary/aromatic N) is 6. The second-order valence-electron chi connectivity index (χ2n) is 7.40. The molecule has 3 aromatic rings. The van der Waals surface area contributed by atoms with E-state index in [1.807, 2.05) is 37.3 Å². The first-order chi connectivity index (χ1) is 15.1. The van der Waals surface area contributed by atoms with Gasteiger partial charge in [0.25, 0.3) is 5.91 Å². The fourth-order valence-electron chi connectivity index (χ4n) is 3.21. The molecule has 0 atom stereocenters. The van der Waals surface area contributed by atoms with E-state index in [9.17, 15) is 4.79 Å². The van der Waals surface area contributed by atoms with Gasteiger partial charge in [0.05, 0.1) is 5.56 Å². The number of anilines is 4. The van der Waals surface area contributed by atoms with E-state index in [0.29, 0.717) is 29.7 Å². The number of benzene rings is 1. The van der Waals surface area contributed by atoms with Crippen molar-refractivity contribution in [2.45, 2.75) is 13.3 Å². The molecule has 0 spiro atoms. The fraction of sp³-hybridized carbons (Fsp3) is 0.318. The molecule has 1 aliphatic heterocycles. The molecule has 0 bridgehead atoms. The Hall–Kier alpha value is -3.59. The Balaban J connectivity index is 1.46. The number of nitrogens with one attached hydrogen (secondary N) is 2. The average molecular weight is 419 g/mol. The van der Waals surface area contributed by atoms with Crippen molar-refractivity contribution in [1.29, 1.82) is 0 Å². The first kappa shape index (κ1) is 20.7. The second-order valence-corrected chi connectivity index (χ2v) is 7.40. The van der Waals surface area contributed by atoms with Crippen LogP contribution in [0, 0.1) is 0 Å². The zero-order valence-electron chi connectivity index (χ0n) is 17.7. The predicted octanol–water partition coefficient (Wildman–Crippen LogP) is 2.58. The van der Waals surface area contributed by atoms with Crippen LogP contribution in [0.2, 0.25) is 0 Å². The number of hydrogen-bond acceptors (Lipinski definition) is 8. The molecule has 1 aromatic carbocycles. The van der Waals surface area contributed by atoms with Crippen LogP contribution in [0.15, 0.2) is 48.7 Å². The van der Waals surface area contributed by atoms with Gasteiger partial charge in [-0.1, -0.05) is 25.1 Å². The molecular weight excluding hydrogens is 392 g/mol. The number of para-hydroxylation sites is 1. The van der Waals surface area contributed by atoms with Crippen LogP contribution in [0.3, 0.4) is 0 Å². The van der Waals surface area contributed by atoms with Crippen LogP contribution < -0.4 is 15.5 Å². The SMILES string of the molecule is CCc1nc(Nc2ccc(C(=O)Nc3ccccc3)cn2)nc(N2CCN(C)CC2)n1.